The van der Waals surface area contributed by atoms with Gasteiger partial charge in [0.2, 0.25) is 0 Å². The maximum absolute atomic E-state index is 12.5. The van der Waals surface area contributed by atoms with Gasteiger partial charge in [-0.25, -0.2) is 4.98 Å². The lowest BCUT2D eigenvalue weighted by atomic mass is 10.2. The number of amides is 1. The van der Waals surface area contributed by atoms with E-state index in [4.69, 9.17) is 9.47 Å². The molecule has 3 heterocycles. The first kappa shape index (κ1) is 15.0. The Kier molecular flexibility index (Phi) is 3.42. The van der Waals surface area contributed by atoms with Gasteiger partial charge in [0.05, 0.1) is 21.3 Å². The van der Waals surface area contributed by atoms with E-state index in [9.17, 15) is 4.79 Å². The van der Waals surface area contributed by atoms with Crippen LogP contribution in [-0.2, 0) is 0 Å². The van der Waals surface area contributed by atoms with Gasteiger partial charge in [-0.3, -0.25) is 20.1 Å². The number of ether oxygens (including phenoxy) is 2. The van der Waals surface area contributed by atoms with Crippen molar-refractivity contribution in [2.75, 3.05) is 18.5 Å². The van der Waals surface area contributed by atoms with Crippen LogP contribution in [0.3, 0.4) is 0 Å². The van der Waals surface area contributed by atoms with Crippen molar-refractivity contribution in [3.63, 3.8) is 0 Å². The molecule has 0 spiro atoms. The van der Waals surface area contributed by atoms with Crippen LogP contribution >= 0.6 is 11.3 Å². The number of thiazole rings is 1. The van der Waals surface area contributed by atoms with Crippen molar-refractivity contribution in [2.45, 2.75) is 0 Å². The van der Waals surface area contributed by atoms with E-state index in [0.29, 0.717) is 40.9 Å². The lowest BCUT2D eigenvalue weighted by Gasteiger charge is -2.17. The first-order valence-electron chi connectivity index (χ1n) is 7.98. The molecule has 0 unspecified atom stereocenters. The van der Waals surface area contributed by atoms with Gasteiger partial charge in [-0.15, -0.1) is 0 Å². The summed E-state index contributed by atoms with van der Waals surface area (Å²) in [6.07, 6.45) is 3.22. The number of anilines is 1. The highest BCUT2D eigenvalue weighted by atomic mass is 32.1. The Balaban J connectivity index is 1.45. The topological polar surface area (TPSA) is 86.2 Å². The van der Waals surface area contributed by atoms with E-state index in [1.165, 1.54) is 11.3 Å². The van der Waals surface area contributed by atoms with Gasteiger partial charge in [0.15, 0.2) is 16.6 Å². The Morgan fingerprint density at radius 2 is 1.73 bits per heavy atom. The maximum atomic E-state index is 12.5. The molecular formula is C18H12N4O3S. The molecule has 5 rings (SSSR count). The summed E-state index contributed by atoms with van der Waals surface area (Å²) in [5, 5.41) is 3.36. The number of fused-ring (bicyclic) bond motifs is 3. The lowest BCUT2D eigenvalue weighted by Crippen LogP contribution is -2.15. The summed E-state index contributed by atoms with van der Waals surface area (Å²) in [5.41, 5.74) is 2.68. The van der Waals surface area contributed by atoms with Crippen molar-refractivity contribution in [1.82, 2.24) is 15.0 Å². The average molecular weight is 364 g/mol. The fourth-order valence-corrected chi connectivity index (χ4v) is 3.66. The fourth-order valence-electron chi connectivity index (χ4n) is 2.79. The molecule has 0 atom stereocenters. The second kappa shape index (κ2) is 5.92. The molecule has 8 heteroatoms. The third-order valence-corrected chi connectivity index (χ3v) is 4.94. The summed E-state index contributed by atoms with van der Waals surface area (Å²) in [5.74, 6) is 1.15. The average Bonchev–Trinajstić information content (AvgIpc) is 3.06. The van der Waals surface area contributed by atoms with Crippen molar-refractivity contribution >= 4 is 43.6 Å². The molecule has 4 aromatic rings. The van der Waals surface area contributed by atoms with E-state index >= 15 is 0 Å². The fraction of sp³-hybridized carbons (Fsp3) is 0.111. The molecule has 2 aromatic carbocycles. The summed E-state index contributed by atoms with van der Waals surface area (Å²) < 4.78 is 12.1. The van der Waals surface area contributed by atoms with Crippen LogP contribution in [0, 0.1) is 0 Å². The predicted octanol–water partition coefficient (Wildman–Crippen LogP) is 3.26. The van der Waals surface area contributed by atoms with Crippen LogP contribution in [0.2, 0.25) is 0 Å². The van der Waals surface area contributed by atoms with Crippen LogP contribution in [-0.4, -0.2) is 34.1 Å². The van der Waals surface area contributed by atoms with Crippen LogP contribution < -0.4 is 14.8 Å². The molecule has 2 aromatic heterocycles. The van der Waals surface area contributed by atoms with Crippen LogP contribution in [0.25, 0.3) is 21.3 Å². The second-order valence-electron chi connectivity index (χ2n) is 5.70. The predicted molar refractivity (Wildman–Crippen MR) is 98.1 cm³/mol. The van der Waals surface area contributed by atoms with Crippen LogP contribution in [0.1, 0.15) is 10.4 Å². The third kappa shape index (κ3) is 2.60. The van der Waals surface area contributed by atoms with Crippen molar-refractivity contribution in [3.8, 4) is 11.5 Å². The largest absolute Gasteiger partial charge is 0.486 e. The molecule has 1 aliphatic heterocycles. The standard InChI is InChI=1S/C18H12N4O3S/c23-17(10-1-2-11-12(7-10)20-4-3-19-11)22-18-21-13-8-14-15(9-16(13)26-18)25-6-5-24-14/h1-4,7-9H,5-6H2,(H,21,22,23). The monoisotopic (exact) mass is 364 g/mol. The molecule has 0 saturated heterocycles. The molecule has 0 fully saturated rings. The van der Waals surface area contributed by atoms with Gasteiger partial charge in [0.25, 0.3) is 5.91 Å². The molecule has 128 valence electrons. The van der Waals surface area contributed by atoms with E-state index < -0.39 is 0 Å². The highest BCUT2D eigenvalue weighted by Gasteiger charge is 2.16. The summed E-state index contributed by atoms with van der Waals surface area (Å²) in [6, 6.07) is 8.94. The summed E-state index contributed by atoms with van der Waals surface area (Å²) in [6.45, 7) is 1.06. The first-order chi connectivity index (χ1) is 12.8. The number of hydrogen-bond donors (Lipinski definition) is 1. The molecule has 0 radical (unpaired) electrons. The van der Waals surface area contributed by atoms with Gasteiger partial charge in [-0.2, -0.15) is 0 Å². The lowest BCUT2D eigenvalue weighted by molar-refractivity contribution is 0.102. The number of carbonyl (C=O) groups excluding carboxylic acids is 1. The van der Waals surface area contributed by atoms with Crippen molar-refractivity contribution in [1.29, 1.82) is 0 Å². The van der Waals surface area contributed by atoms with Gasteiger partial charge in [-0.1, -0.05) is 11.3 Å². The number of aromatic nitrogens is 3. The van der Waals surface area contributed by atoms with Crippen LogP contribution in [0.4, 0.5) is 5.13 Å². The summed E-state index contributed by atoms with van der Waals surface area (Å²) in [4.78, 5) is 25.5. The van der Waals surface area contributed by atoms with E-state index in [0.717, 1.165) is 15.7 Å². The summed E-state index contributed by atoms with van der Waals surface area (Å²) >= 11 is 1.39. The highest BCUT2D eigenvalue weighted by Crippen LogP contribution is 2.37. The van der Waals surface area contributed by atoms with Crippen LogP contribution in [0.15, 0.2) is 42.7 Å². The number of nitrogens with zero attached hydrogens (tertiary/aromatic N) is 3. The van der Waals surface area contributed by atoms with E-state index in [-0.39, 0.29) is 5.91 Å². The zero-order chi connectivity index (χ0) is 17.5. The molecule has 1 aliphatic rings. The molecular weight excluding hydrogens is 352 g/mol. The maximum Gasteiger partial charge on any atom is 0.257 e. The van der Waals surface area contributed by atoms with Crippen LogP contribution in [0.5, 0.6) is 11.5 Å². The molecule has 7 nitrogen and oxygen atoms in total. The zero-order valence-corrected chi connectivity index (χ0v) is 14.2. The number of carbonyl (C=O) groups is 1. The number of hydrogen-bond acceptors (Lipinski definition) is 7. The van der Waals surface area contributed by atoms with E-state index in [2.05, 4.69) is 20.3 Å². The molecule has 0 aliphatic carbocycles. The number of rotatable bonds is 2. The molecule has 0 bridgehead atoms. The Labute approximate surface area is 151 Å². The van der Waals surface area contributed by atoms with Gasteiger partial charge in [-0.05, 0) is 18.2 Å². The minimum Gasteiger partial charge on any atom is -0.486 e. The minimum atomic E-state index is -0.242. The zero-order valence-electron chi connectivity index (χ0n) is 13.4. The van der Waals surface area contributed by atoms with E-state index in [1.807, 2.05) is 12.1 Å². The van der Waals surface area contributed by atoms with Crippen molar-refractivity contribution in [3.05, 3.63) is 48.3 Å². The van der Waals surface area contributed by atoms with Crippen molar-refractivity contribution < 1.29 is 14.3 Å². The van der Waals surface area contributed by atoms with Crippen molar-refractivity contribution in [2.24, 2.45) is 0 Å². The Morgan fingerprint density at radius 1 is 0.962 bits per heavy atom. The van der Waals surface area contributed by atoms with E-state index in [1.54, 1.807) is 30.6 Å². The smallest absolute Gasteiger partial charge is 0.257 e. The Bertz CT molecular complexity index is 1110. The first-order valence-corrected chi connectivity index (χ1v) is 8.80. The molecule has 1 amide bonds. The highest BCUT2D eigenvalue weighted by molar-refractivity contribution is 7.22. The number of nitrogens with one attached hydrogen (secondary N) is 1. The minimum absolute atomic E-state index is 0.242. The van der Waals surface area contributed by atoms with Gasteiger partial charge in [0, 0.05) is 30.1 Å². The Morgan fingerprint density at radius 3 is 2.58 bits per heavy atom. The second-order valence-corrected chi connectivity index (χ2v) is 6.73. The molecule has 26 heavy (non-hydrogen) atoms. The quantitative estimate of drug-likeness (QED) is 0.587. The third-order valence-electron chi connectivity index (χ3n) is 4.00. The number of benzene rings is 2. The van der Waals surface area contributed by atoms with Gasteiger partial charge in [0.1, 0.15) is 13.2 Å². The normalized spacial score (nSPS) is 13.1. The molecule has 1 N–H and O–H groups in total. The Hall–Kier alpha value is -3.26. The SMILES string of the molecule is O=C(Nc1nc2cc3c(cc2s1)OCCO3)c1ccc2nccnc2c1. The van der Waals surface area contributed by atoms with Gasteiger partial charge >= 0.3 is 0 Å². The summed E-state index contributed by atoms with van der Waals surface area (Å²) in [7, 11) is 0. The van der Waals surface area contributed by atoms with Gasteiger partial charge < -0.3 is 9.47 Å². The molecule has 0 saturated carbocycles.